The van der Waals surface area contributed by atoms with Crippen LogP contribution in [0.3, 0.4) is 0 Å². The highest BCUT2D eigenvalue weighted by atomic mass is 32.1. The summed E-state index contributed by atoms with van der Waals surface area (Å²) in [6.07, 6.45) is 0.567. The van der Waals surface area contributed by atoms with Gasteiger partial charge in [-0.05, 0) is 23.6 Å². The molecule has 1 heterocycles. The van der Waals surface area contributed by atoms with Crippen molar-refractivity contribution in [2.24, 2.45) is 0 Å². The summed E-state index contributed by atoms with van der Waals surface area (Å²) in [6.45, 7) is 3.89. The normalized spacial score (nSPS) is 10.8. The molecular weight excluding hydrogens is 302 g/mol. The molecule has 1 N–H and O–H groups in total. The van der Waals surface area contributed by atoms with Crippen LogP contribution < -0.4 is 9.47 Å². The lowest BCUT2D eigenvalue weighted by Gasteiger charge is -2.08. The van der Waals surface area contributed by atoms with Crippen LogP contribution in [0.4, 0.5) is 0 Å². The van der Waals surface area contributed by atoms with Crippen LogP contribution in [0.2, 0.25) is 0 Å². The maximum Gasteiger partial charge on any atom is 0.347 e. The van der Waals surface area contributed by atoms with Crippen LogP contribution >= 0.6 is 11.3 Å². The van der Waals surface area contributed by atoms with E-state index in [0.717, 1.165) is 10.6 Å². The number of benzene rings is 1. The Labute approximate surface area is 133 Å². The molecule has 0 bridgehead atoms. The van der Waals surface area contributed by atoms with Crippen molar-refractivity contribution in [2.45, 2.75) is 26.2 Å². The fourth-order valence-electron chi connectivity index (χ4n) is 2.16. The third kappa shape index (κ3) is 3.39. The minimum atomic E-state index is -0.917. The largest absolute Gasteiger partial charge is 0.493 e. The van der Waals surface area contributed by atoms with Gasteiger partial charge in [0.1, 0.15) is 4.88 Å². The Bertz CT molecular complexity index is 679. The van der Waals surface area contributed by atoms with Gasteiger partial charge in [0.15, 0.2) is 11.5 Å². The number of rotatable bonds is 6. The van der Waals surface area contributed by atoms with Crippen molar-refractivity contribution in [1.82, 2.24) is 4.98 Å². The second-order valence-corrected chi connectivity index (χ2v) is 6.23. The van der Waals surface area contributed by atoms with Crippen LogP contribution in [0.1, 0.15) is 45.7 Å². The molecule has 0 spiro atoms. The van der Waals surface area contributed by atoms with Gasteiger partial charge in [-0.25, -0.2) is 9.78 Å². The predicted molar refractivity (Wildman–Crippen MR) is 85.5 cm³/mol. The summed E-state index contributed by atoms with van der Waals surface area (Å²) in [6, 6.07) is 5.65. The number of nitrogens with zero attached hydrogens (tertiary/aromatic N) is 1. The van der Waals surface area contributed by atoms with E-state index < -0.39 is 5.97 Å². The lowest BCUT2D eigenvalue weighted by molar-refractivity contribution is 0.0700. The molecule has 0 aliphatic carbocycles. The van der Waals surface area contributed by atoms with Gasteiger partial charge in [0.05, 0.1) is 24.9 Å². The smallest absolute Gasteiger partial charge is 0.347 e. The zero-order chi connectivity index (χ0) is 16.3. The Morgan fingerprint density at radius 3 is 2.45 bits per heavy atom. The summed E-state index contributed by atoms with van der Waals surface area (Å²) in [4.78, 5) is 16.1. The van der Waals surface area contributed by atoms with E-state index in [2.05, 4.69) is 4.98 Å². The summed E-state index contributed by atoms with van der Waals surface area (Å²) >= 11 is 1.23. The summed E-state index contributed by atoms with van der Waals surface area (Å²) < 4.78 is 10.5. The fraction of sp³-hybridized carbons (Fsp3) is 0.375. The number of carboxylic acids is 1. The highest BCUT2D eigenvalue weighted by Crippen LogP contribution is 2.30. The van der Waals surface area contributed by atoms with Gasteiger partial charge in [0.2, 0.25) is 0 Å². The molecule has 1 aromatic carbocycles. The molecule has 0 aliphatic heterocycles. The van der Waals surface area contributed by atoms with Crippen molar-refractivity contribution < 1.29 is 19.4 Å². The molecule has 2 aromatic rings. The molecule has 1 aromatic heterocycles. The van der Waals surface area contributed by atoms with E-state index in [4.69, 9.17) is 9.47 Å². The third-order valence-electron chi connectivity index (χ3n) is 3.24. The molecule has 118 valence electrons. The van der Waals surface area contributed by atoms with Crippen molar-refractivity contribution >= 4 is 17.3 Å². The van der Waals surface area contributed by atoms with E-state index in [1.807, 2.05) is 32.0 Å². The number of carboxylic acid groups (broad SMARTS) is 1. The molecule has 0 saturated carbocycles. The van der Waals surface area contributed by atoms with Gasteiger partial charge in [-0.1, -0.05) is 19.9 Å². The van der Waals surface area contributed by atoms with Crippen LogP contribution in [0.25, 0.3) is 0 Å². The molecule has 6 heteroatoms. The molecule has 0 aliphatic rings. The van der Waals surface area contributed by atoms with Gasteiger partial charge in [-0.2, -0.15) is 0 Å². The van der Waals surface area contributed by atoms with E-state index in [1.165, 1.54) is 11.3 Å². The molecule has 0 amide bonds. The van der Waals surface area contributed by atoms with Crippen molar-refractivity contribution in [3.8, 4) is 11.5 Å². The second-order valence-electron chi connectivity index (χ2n) is 5.15. The number of thiazole rings is 1. The maximum absolute atomic E-state index is 11.3. The van der Waals surface area contributed by atoms with Gasteiger partial charge >= 0.3 is 5.97 Å². The standard InChI is InChI=1S/C16H19NO4S/c1-9(2)14-15(16(18)19)22-13(17-14)8-10-5-6-11(20-3)12(7-10)21-4/h5-7,9H,8H2,1-4H3,(H,18,19). The quantitative estimate of drug-likeness (QED) is 0.881. The summed E-state index contributed by atoms with van der Waals surface area (Å²) in [7, 11) is 3.18. The SMILES string of the molecule is COc1ccc(Cc2nc(C(C)C)c(C(=O)O)s2)cc1OC. The zero-order valence-electron chi connectivity index (χ0n) is 13.0. The van der Waals surface area contributed by atoms with Crippen molar-refractivity contribution in [1.29, 1.82) is 0 Å². The minimum absolute atomic E-state index is 0.0847. The average molecular weight is 321 g/mol. The molecule has 0 atom stereocenters. The van der Waals surface area contributed by atoms with E-state index >= 15 is 0 Å². The first kappa shape index (κ1) is 16.3. The Morgan fingerprint density at radius 2 is 1.95 bits per heavy atom. The van der Waals surface area contributed by atoms with E-state index in [-0.39, 0.29) is 5.92 Å². The number of carbonyl (C=O) groups is 1. The molecule has 0 fully saturated rings. The van der Waals surface area contributed by atoms with E-state index in [0.29, 0.717) is 28.5 Å². The van der Waals surface area contributed by atoms with Gasteiger partial charge in [0, 0.05) is 6.42 Å². The molecule has 0 saturated heterocycles. The molecule has 5 nitrogen and oxygen atoms in total. The maximum atomic E-state index is 11.3. The predicted octanol–water partition coefficient (Wildman–Crippen LogP) is 3.57. The van der Waals surface area contributed by atoms with Gasteiger partial charge in [0.25, 0.3) is 0 Å². The number of hydrogen-bond donors (Lipinski definition) is 1. The molecule has 0 unspecified atom stereocenters. The first-order chi connectivity index (χ1) is 10.5. The van der Waals surface area contributed by atoms with E-state index in [9.17, 15) is 9.90 Å². The number of hydrogen-bond acceptors (Lipinski definition) is 5. The zero-order valence-corrected chi connectivity index (χ0v) is 13.9. The highest BCUT2D eigenvalue weighted by Gasteiger charge is 2.19. The Balaban J connectivity index is 2.31. The number of aromatic nitrogens is 1. The molecule has 2 rings (SSSR count). The molecule has 0 radical (unpaired) electrons. The van der Waals surface area contributed by atoms with Crippen LogP contribution in [-0.2, 0) is 6.42 Å². The number of methoxy groups -OCH3 is 2. The van der Waals surface area contributed by atoms with Crippen molar-refractivity contribution in [3.05, 3.63) is 39.3 Å². The summed E-state index contributed by atoms with van der Waals surface area (Å²) in [5.74, 6) is 0.486. The summed E-state index contributed by atoms with van der Waals surface area (Å²) in [5.41, 5.74) is 1.65. The lowest BCUT2D eigenvalue weighted by Crippen LogP contribution is -2.00. The summed E-state index contributed by atoms with van der Waals surface area (Å²) in [5, 5.41) is 10.1. The van der Waals surface area contributed by atoms with Crippen LogP contribution in [0.15, 0.2) is 18.2 Å². The number of aromatic carboxylic acids is 1. The molecule has 22 heavy (non-hydrogen) atoms. The topological polar surface area (TPSA) is 68.7 Å². The second kappa shape index (κ2) is 6.79. The first-order valence-corrected chi connectivity index (χ1v) is 7.71. The van der Waals surface area contributed by atoms with Gasteiger partial charge in [-0.3, -0.25) is 0 Å². The van der Waals surface area contributed by atoms with Crippen molar-refractivity contribution in [2.75, 3.05) is 14.2 Å². The molecular formula is C16H19NO4S. The lowest BCUT2D eigenvalue weighted by atomic mass is 10.1. The van der Waals surface area contributed by atoms with Crippen LogP contribution in [-0.4, -0.2) is 30.3 Å². The number of ether oxygens (including phenoxy) is 2. The Kier molecular flexibility index (Phi) is 5.03. The Morgan fingerprint density at radius 1 is 1.27 bits per heavy atom. The van der Waals surface area contributed by atoms with Crippen molar-refractivity contribution in [3.63, 3.8) is 0 Å². The van der Waals surface area contributed by atoms with Gasteiger partial charge in [-0.15, -0.1) is 11.3 Å². The fourth-order valence-corrected chi connectivity index (χ4v) is 3.26. The van der Waals surface area contributed by atoms with Crippen LogP contribution in [0, 0.1) is 0 Å². The average Bonchev–Trinajstić information content (AvgIpc) is 2.91. The van der Waals surface area contributed by atoms with Gasteiger partial charge < -0.3 is 14.6 Å². The first-order valence-electron chi connectivity index (χ1n) is 6.90. The minimum Gasteiger partial charge on any atom is -0.493 e. The van der Waals surface area contributed by atoms with E-state index in [1.54, 1.807) is 14.2 Å². The Hall–Kier alpha value is -2.08. The highest BCUT2D eigenvalue weighted by molar-refractivity contribution is 7.13. The monoisotopic (exact) mass is 321 g/mol. The van der Waals surface area contributed by atoms with Crippen LogP contribution in [0.5, 0.6) is 11.5 Å². The third-order valence-corrected chi connectivity index (χ3v) is 4.30.